The summed E-state index contributed by atoms with van der Waals surface area (Å²) in [5.74, 6) is -1.05. The summed E-state index contributed by atoms with van der Waals surface area (Å²) in [6, 6.07) is 10.5. The van der Waals surface area contributed by atoms with E-state index < -0.39 is 19.2 Å². The molecule has 13 heteroatoms. The van der Waals surface area contributed by atoms with Crippen LogP contribution in [0, 0.1) is 0 Å². The van der Waals surface area contributed by atoms with Crippen LogP contribution in [0.5, 0.6) is 5.75 Å². The summed E-state index contributed by atoms with van der Waals surface area (Å²) >= 11 is 6.32. The fraction of sp³-hybridized carbons (Fsp3) is 0.292. The largest absolute Gasteiger partial charge is 0.495 e. The van der Waals surface area contributed by atoms with Gasteiger partial charge in [-0.25, -0.2) is 4.98 Å². The van der Waals surface area contributed by atoms with Crippen molar-refractivity contribution in [3.8, 4) is 5.75 Å². The number of hydrogen-bond acceptors (Lipinski definition) is 7. The average Bonchev–Trinajstić information content (AvgIpc) is 2.84. The maximum atomic E-state index is 12.9. The second-order valence-corrected chi connectivity index (χ2v) is 12.4. The summed E-state index contributed by atoms with van der Waals surface area (Å²) in [5, 5.41) is 7.08. The number of ether oxygens (including phenoxy) is 1. The molecule has 0 spiro atoms. The smallest absolute Gasteiger partial charge is 0.471 e. The number of aromatic nitrogens is 2. The molecule has 4 rings (SSSR count). The van der Waals surface area contributed by atoms with Gasteiger partial charge < -0.3 is 24.8 Å². The van der Waals surface area contributed by atoms with Gasteiger partial charge in [0.25, 0.3) is 0 Å². The third kappa shape index (κ3) is 5.99. The minimum atomic E-state index is -4.92. The molecule has 0 unspecified atom stereocenters. The first kappa shape index (κ1) is 26.8. The van der Waals surface area contributed by atoms with Crippen molar-refractivity contribution < 1.29 is 27.3 Å². The Labute approximate surface area is 216 Å². The molecule has 1 aromatic heterocycles. The Hall–Kier alpha value is -3.30. The zero-order valence-electron chi connectivity index (χ0n) is 20.2. The zero-order valence-corrected chi connectivity index (χ0v) is 21.8. The summed E-state index contributed by atoms with van der Waals surface area (Å²) in [6.07, 6.45) is -3.27. The van der Waals surface area contributed by atoms with E-state index in [0.717, 1.165) is 10.5 Å². The number of carbonyl (C=O) groups excluding carboxylic acids is 1. The number of carbonyl (C=O) groups is 1. The van der Waals surface area contributed by atoms with E-state index in [1.54, 1.807) is 49.7 Å². The van der Waals surface area contributed by atoms with E-state index in [9.17, 15) is 22.5 Å². The molecule has 1 amide bonds. The van der Waals surface area contributed by atoms with Gasteiger partial charge in [-0.15, -0.1) is 0 Å². The van der Waals surface area contributed by atoms with E-state index in [4.69, 9.17) is 16.3 Å². The number of para-hydroxylation sites is 1. The number of methoxy groups -OCH3 is 1. The number of benzene rings is 2. The molecule has 3 aromatic rings. The summed E-state index contributed by atoms with van der Waals surface area (Å²) in [7, 11) is -1.16. The highest BCUT2D eigenvalue weighted by molar-refractivity contribution is 7.70. The van der Waals surface area contributed by atoms with Crippen LogP contribution >= 0.6 is 18.7 Å². The lowest BCUT2D eigenvalue weighted by molar-refractivity contribution is -0.186. The van der Waals surface area contributed by atoms with Crippen LogP contribution in [0.1, 0.15) is 11.1 Å². The van der Waals surface area contributed by atoms with Crippen LogP contribution in [-0.2, 0) is 22.3 Å². The lowest BCUT2D eigenvalue weighted by Gasteiger charge is -2.30. The van der Waals surface area contributed by atoms with Gasteiger partial charge in [0.2, 0.25) is 5.95 Å². The Morgan fingerprint density at radius 3 is 2.54 bits per heavy atom. The molecule has 1 aliphatic heterocycles. The van der Waals surface area contributed by atoms with Crippen molar-refractivity contribution in [2.75, 3.05) is 37.6 Å². The molecule has 2 N–H and O–H groups in total. The van der Waals surface area contributed by atoms with E-state index in [1.165, 1.54) is 13.3 Å². The van der Waals surface area contributed by atoms with Crippen LogP contribution in [-0.4, -0.2) is 53.9 Å². The molecule has 0 saturated carbocycles. The van der Waals surface area contributed by atoms with Gasteiger partial charge in [-0.05, 0) is 55.1 Å². The number of nitrogens with zero attached hydrogens (tertiary/aromatic N) is 3. The fourth-order valence-electron chi connectivity index (χ4n) is 4.02. The normalized spacial score (nSPS) is 13.6. The minimum Gasteiger partial charge on any atom is -0.495 e. The van der Waals surface area contributed by atoms with Gasteiger partial charge in [0.15, 0.2) is 5.82 Å². The van der Waals surface area contributed by atoms with Crippen LogP contribution in [0.3, 0.4) is 0 Å². The van der Waals surface area contributed by atoms with Gasteiger partial charge in [-0.1, -0.05) is 23.7 Å². The van der Waals surface area contributed by atoms with Crippen molar-refractivity contribution in [1.29, 1.82) is 0 Å². The lowest BCUT2D eigenvalue weighted by atomic mass is 9.98. The van der Waals surface area contributed by atoms with Crippen molar-refractivity contribution in [1.82, 2.24) is 14.9 Å². The van der Waals surface area contributed by atoms with E-state index >= 15 is 0 Å². The quantitative estimate of drug-likeness (QED) is 0.399. The first-order valence-corrected chi connectivity index (χ1v) is 14.1. The Morgan fingerprint density at radius 1 is 1.14 bits per heavy atom. The van der Waals surface area contributed by atoms with Crippen LogP contribution in [0.4, 0.5) is 36.3 Å². The average molecular weight is 554 g/mol. The van der Waals surface area contributed by atoms with Gasteiger partial charge in [0, 0.05) is 18.4 Å². The molecule has 37 heavy (non-hydrogen) atoms. The topological polar surface area (TPSA) is 96.4 Å². The van der Waals surface area contributed by atoms with E-state index in [1.807, 2.05) is 0 Å². The molecule has 0 atom stereocenters. The van der Waals surface area contributed by atoms with Gasteiger partial charge in [-0.2, -0.15) is 18.2 Å². The Kier molecular flexibility index (Phi) is 7.39. The molecule has 0 saturated heterocycles. The molecular formula is C24H24ClF3N5O3P. The molecule has 8 nitrogen and oxygen atoms in total. The molecule has 0 bridgehead atoms. The van der Waals surface area contributed by atoms with E-state index in [2.05, 4.69) is 20.6 Å². The minimum absolute atomic E-state index is 0.0548. The summed E-state index contributed by atoms with van der Waals surface area (Å²) in [4.78, 5) is 21.1. The molecule has 2 aromatic carbocycles. The molecular weight excluding hydrogens is 530 g/mol. The highest BCUT2D eigenvalue weighted by Gasteiger charge is 2.43. The summed E-state index contributed by atoms with van der Waals surface area (Å²) in [5.41, 5.74) is 2.44. The molecule has 0 fully saturated rings. The van der Waals surface area contributed by atoms with Crippen molar-refractivity contribution in [2.24, 2.45) is 0 Å². The molecule has 0 aliphatic carbocycles. The molecule has 2 heterocycles. The number of nitrogens with one attached hydrogen (secondary N) is 2. The van der Waals surface area contributed by atoms with Crippen LogP contribution in [0.2, 0.25) is 5.02 Å². The molecule has 196 valence electrons. The summed E-state index contributed by atoms with van der Waals surface area (Å²) in [6.45, 7) is 3.11. The third-order valence-corrected chi connectivity index (χ3v) is 7.62. The molecule has 0 radical (unpaired) electrons. The number of anilines is 4. The standard InChI is InChI=1S/C24H24ClF3N5O3P/c1-36-19-11-15-13-33(22(34)24(26,27)28)9-8-14(15)10-18(19)31-23-29-12-16(25)21(32-23)30-17-6-4-5-7-20(17)37(2,3)35/h4-7,10-12H,8-9,13H2,1-3H3,(H2,29,30,31,32). The lowest BCUT2D eigenvalue weighted by Crippen LogP contribution is -2.43. The highest BCUT2D eigenvalue weighted by atomic mass is 35.5. The second kappa shape index (κ2) is 10.2. The monoisotopic (exact) mass is 553 g/mol. The van der Waals surface area contributed by atoms with Crippen LogP contribution < -0.4 is 20.7 Å². The first-order chi connectivity index (χ1) is 17.4. The number of fused-ring (bicyclic) bond motifs is 1. The van der Waals surface area contributed by atoms with Gasteiger partial charge in [-0.3, -0.25) is 4.79 Å². The second-order valence-electron chi connectivity index (χ2n) is 8.80. The number of amides is 1. The van der Waals surface area contributed by atoms with E-state index in [-0.39, 0.29) is 30.5 Å². The Balaban J connectivity index is 1.60. The highest BCUT2D eigenvalue weighted by Crippen LogP contribution is 2.39. The Bertz CT molecular complexity index is 1400. The number of hydrogen-bond donors (Lipinski definition) is 2. The fourth-order valence-corrected chi connectivity index (χ4v) is 5.31. The van der Waals surface area contributed by atoms with Crippen molar-refractivity contribution >= 4 is 53.1 Å². The Morgan fingerprint density at radius 2 is 1.86 bits per heavy atom. The van der Waals surface area contributed by atoms with Crippen molar-refractivity contribution in [2.45, 2.75) is 19.1 Å². The SMILES string of the molecule is COc1cc2c(cc1Nc1ncc(Cl)c(Nc3ccccc3P(C)(C)=O)n1)CCN(C(=O)C(F)(F)F)C2. The van der Waals surface area contributed by atoms with Gasteiger partial charge >= 0.3 is 12.1 Å². The zero-order chi connectivity index (χ0) is 27.0. The van der Waals surface area contributed by atoms with Crippen molar-refractivity contribution in [3.05, 3.63) is 58.7 Å². The number of alkyl halides is 3. The number of halogens is 4. The predicted molar refractivity (Wildman–Crippen MR) is 137 cm³/mol. The maximum absolute atomic E-state index is 12.9. The number of rotatable bonds is 6. The summed E-state index contributed by atoms with van der Waals surface area (Å²) < 4.78 is 56.8. The van der Waals surface area contributed by atoms with E-state index in [0.29, 0.717) is 33.8 Å². The first-order valence-electron chi connectivity index (χ1n) is 11.1. The van der Waals surface area contributed by atoms with Gasteiger partial charge in [0.05, 0.1) is 24.7 Å². The molecule has 1 aliphatic rings. The van der Waals surface area contributed by atoms with Crippen LogP contribution in [0.15, 0.2) is 42.6 Å². The maximum Gasteiger partial charge on any atom is 0.471 e. The third-order valence-electron chi connectivity index (χ3n) is 5.79. The predicted octanol–water partition coefficient (Wildman–Crippen LogP) is 5.32. The van der Waals surface area contributed by atoms with Crippen molar-refractivity contribution in [3.63, 3.8) is 0 Å². The van der Waals surface area contributed by atoms with Gasteiger partial charge in [0.1, 0.15) is 17.9 Å². The van der Waals surface area contributed by atoms with Crippen LogP contribution in [0.25, 0.3) is 0 Å².